The van der Waals surface area contributed by atoms with E-state index in [0.29, 0.717) is 10.8 Å². The van der Waals surface area contributed by atoms with Crippen molar-refractivity contribution < 1.29 is 0 Å². The minimum atomic E-state index is 0.0538. The van der Waals surface area contributed by atoms with E-state index in [1.165, 1.54) is 0 Å². The SMILES string of the molecule is Cc1cc(C)c2[nH]c(=S)n(C3CC3)c(=O)c2c1. The molecule has 1 N–H and O–H groups in total. The van der Waals surface area contributed by atoms with Crippen LogP contribution in [0.2, 0.25) is 0 Å². The number of rotatable bonds is 1. The monoisotopic (exact) mass is 246 g/mol. The van der Waals surface area contributed by atoms with E-state index in [4.69, 9.17) is 12.2 Å². The molecule has 3 rings (SSSR count). The highest BCUT2D eigenvalue weighted by atomic mass is 32.1. The Kier molecular flexibility index (Phi) is 2.23. The molecule has 1 aromatic heterocycles. The van der Waals surface area contributed by atoms with Crippen molar-refractivity contribution in [2.45, 2.75) is 32.7 Å². The normalized spacial score (nSPS) is 15.4. The number of benzene rings is 1. The summed E-state index contributed by atoms with van der Waals surface area (Å²) in [6.07, 6.45) is 2.13. The summed E-state index contributed by atoms with van der Waals surface area (Å²) in [5, 5.41) is 0.753. The van der Waals surface area contributed by atoms with Gasteiger partial charge in [-0.1, -0.05) is 6.07 Å². The Balaban J connectivity index is 2.49. The van der Waals surface area contributed by atoms with Gasteiger partial charge in [0.05, 0.1) is 10.9 Å². The van der Waals surface area contributed by atoms with Gasteiger partial charge in [0.1, 0.15) is 0 Å². The van der Waals surface area contributed by atoms with Crippen LogP contribution in [0.4, 0.5) is 0 Å². The van der Waals surface area contributed by atoms with Gasteiger partial charge in [-0.15, -0.1) is 0 Å². The number of aromatic nitrogens is 2. The zero-order valence-electron chi connectivity index (χ0n) is 9.91. The molecular formula is C13H14N2OS. The molecular weight excluding hydrogens is 232 g/mol. The van der Waals surface area contributed by atoms with Gasteiger partial charge >= 0.3 is 0 Å². The van der Waals surface area contributed by atoms with Crippen LogP contribution >= 0.6 is 12.2 Å². The Labute approximate surface area is 104 Å². The van der Waals surface area contributed by atoms with Crippen LogP contribution in [0.1, 0.15) is 30.0 Å². The average molecular weight is 246 g/mol. The summed E-state index contributed by atoms with van der Waals surface area (Å²) in [6, 6.07) is 4.32. The van der Waals surface area contributed by atoms with Gasteiger partial charge in [0, 0.05) is 6.04 Å². The van der Waals surface area contributed by atoms with Gasteiger partial charge in [-0.05, 0) is 56.1 Å². The summed E-state index contributed by atoms with van der Waals surface area (Å²) >= 11 is 5.28. The molecule has 1 heterocycles. The van der Waals surface area contributed by atoms with Crippen molar-refractivity contribution in [1.82, 2.24) is 9.55 Å². The predicted octanol–water partition coefficient (Wildman–Crippen LogP) is 3.01. The van der Waals surface area contributed by atoms with E-state index >= 15 is 0 Å². The van der Waals surface area contributed by atoms with E-state index in [1.807, 2.05) is 19.9 Å². The van der Waals surface area contributed by atoms with Crippen LogP contribution < -0.4 is 5.56 Å². The van der Waals surface area contributed by atoms with Gasteiger partial charge in [0.2, 0.25) is 0 Å². The third kappa shape index (κ3) is 1.63. The molecule has 1 aromatic carbocycles. The molecule has 0 atom stereocenters. The topological polar surface area (TPSA) is 37.8 Å². The van der Waals surface area contributed by atoms with Gasteiger partial charge in [0.25, 0.3) is 5.56 Å². The molecule has 0 unspecified atom stereocenters. The number of aryl methyl sites for hydroxylation is 2. The lowest BCUT2D eigenvalue weighted by molar-refractivity contribution is 0.685. The molecule has 17 heavy (non-hydrogen) atoms. The fourth-order valence-electron chi connectivity index (χ4n) is 2.36. The predicted molar refractivity (Wildman–Crippen MR) is 71.1 cm³/mol. The Morgan fingerprint density at radius 3 is 2.71 bits per heavy atom. The molecule has 4 heteroatoms. The Morgan fingerprint density at radius 1 is 1.35 bits per heavy atom. The summed E-state index contributed by atoms with van der Waals surface area (Å²) in [4.78, 5) is 15.6. The third-order valence-corrected chi connectivity index (χ3v) is 3.59. The van der Waals surface area contributed by atoms with E-state index in [2.05, 4.69) is 11.1 Å². The lowest BCUT2D eigenvalue weighted by atomic mass is 10.1. The van der Waals surface area contributed by atoms with Gasteiger partial charge in [-0.25, -0.2) is 0 Å². The van der Waals surface area contributed by atoms with E-state index in [-0.39, 0.29) is 5.56 Å². The van der Waals surface area contributed by atoms with Crippen molar-refractivity contribution in [2.75, 3.05) is 0 Å². The maximum atomic E-state index is 12.4. The first-order chi connectivity index (χ1) is 8.08. The van der Waals surface area contributed by atoms with E-state index in [1.54, 1.807) is 4.57 Å². The van der Waals surface area contributed by atoms with Crippen LogP contribution in [0.15, 0.2) is 16.9 Å². The first-order valence-electron chi connectivity index (χ1n) is 5.83. The van der Waals surface area contributed by atoms with Crippen molar-refractivity contribution in [3.05, 3.63) is 38.4 Å². The molecule has 0 amide bonds. The first kappa shape index (κ1) is 10.7. The van der Waals surface area contributed by atoms with Crippen molar-refractivity contribution in [2.24, 2.45) is 0 Å². The average Bonchev–Trinajstić information content (AvgIpc) is 3.04. The van der Waals surface area contributed by atoms with E-state index in [0.717, 1.165) is 34.9 Å². The fourth-order valence-corrected chi connectivity index (χ4v) is 2.69. The molecule has 1 aliphatic rings. The maximum Gasteiger partial charge on any atom is 0.262 e. The standard InChI is InChI=1S/C13H14N2OS/c1-7-5-8(2)11-10(6-7)12(16)15(9-3-4-9)13(17)14-11/h5-6,9H,3-4H2,1-2H3,(H,14,17). The number of nitrogens with one attached hydrogen (secondary N) is 1. The second-order valence-electron chi connectivity index (χ2n) is 4.84. The highest BCUT2D eigenvalue weighted by Gasteiger charge is 2.26. The highest BCUT2D eigenvalue weighted by Crippen LogP contribution is 2.34. The van der Waals surface area contributed by atoms with Gasteiger partial charge < -0.3 is 4.98 Å². The Bertz CT molecular complexity index is 723. The van der Waals surface area contributed by atoms with Crippen molar-refractivity contribution in [3.8, 4) is 0 Å². The minimum Gasteiger partial charge on any atom is -0.331 e. The molecule has 0 aliphatic heterocycles. The van der Waals surface area contributed by atoms with Crippen LogP contribution in [0, 0.1) is 18.6 Å². The lowest BCUT2D eigenvalue weighted by Gasteiger charge is -2.09. The third-order valence-electron chi connectivity index (χ3n) is 3.29. The van der Waals surface area contributed by atoms with Crippen LogP contribution in [-0.4, -0.2) is 9.55 Å². The van der Waals surface area contributed by atoms with Crippen molar-refractivity contribution in [1.29, 1.82) is 0 Å². The smallest absolute Gasteiger partial charge is 0.262 e. The van der Waals surface area contributed by atoms with Gasteiger partial charge in [0.15, 0.2) is 4.77 Å². The lowest BCUT2D eigenvalue weighted by Crippen LogP contribution is -2.21. The summed E-state index contributed by atoms with van der Waals surface area (Å²) in [5.41, 5.74) is 3.12. The second kappa shape index (κ2) is 3.53. The van der Waals surface area contributed by atoms with Gasteiger partial charge in [-0.2, -0.15) is 0 Å². The molecule has 0 radical (unpaired) electrons. The number of H-pyrrole nitrogens is 1. The summed E-state index contributed by atoms with van der Waals surface area (Å²) in [5.74, 6) is 0. The Morgan fingerprint density at radius 2 is 2.06 bits per heavy atom. The van der Waals surface area contributed by atoms with Crippen molar-refractivity contribution >= 4 is 23.1 Å². The largest absolute Gasteiger partial charge is 0.331 e. The highest BCUT2D eigenvalue weighted by molar-refractivity contribution is 7.71. The zero-order chi connectivity index (χ0) is 12.2. The first-order valence-corrected chi connectivity index (χ1v) is 6.24. The molecule has 1 fully saturated rings. The van der Waals surface area contributed by atoms with Crippen molar-refractivity contribution in [3.63, 3.8) is 0 Å². The van der Waals surface area contributed by atoms with Crippen LogP contribution in [-0.2, 0) is 0 Å². The molecule has 2 aromatic rings. The molecule has 0 saturated heterocycles. The van der Waals surface area contributed by atoms with Crippen LogP contribution in [0.5, 0.6) is 0 Å². The number of hydrogen-bond donors (Lipinski definition) is 1. The Hall–Kier alpha value is -1.42. The molecule has 1 aliphatic carbocycles. The number of nitrogens with zero attached hydrogens (tertiary/aromatic N) is 1. The summed E-state index contributed by atoms with van der Waals surface area (Å²) < 4.78 is 2.29. The molecule has 88 valence electrons. The molecule has 1 saturated carbocycles. The molecule has 0 bridgehead atoms. The second-order valence-corrected chi connectivity index (χ2v) is 5.23. The minimum absolute atomic E-state index is 0.0538. The van der Waals surface area contributed by atoms with E-state index < -0.39 is 0 Å². The quantitative estimate of drug-likeness (QED) is 0.785. The summed E-state index contributed by atoms with van der Waals surface area (Å²) in [7, 11) is 0. The van der Waals surface area contributed by atoms with Crippen LogP contribution in [0.25, 0.3) is 10.9 Å². The zero-order valence-corrected chi connectivity index (χ0v) is 10.7. The molecule has 0 spiro atoms. The van der Waals surface area contributed by atoms with E-state index in [9.17, 15) is 4.79 Å². The number of fused-ring (bicyclic) bond motifs is 1. The summed E-state index contributed by atoms with van der Waals surface area (Å²) in [6.45, 7) is 4.01. The maximum absolute atomic E-state index is 12.4. The number of hydrogen-bond acceptors (Lipinski definition) is 2. The van der Waals surface area contributed by atoms with Gasteiger partial charge in [-0.3, -0.25) is 9.36 Å². The fraction of sp³-hybridized carbons (Fsp3) is 0.385. The van der Waals surface area contributed by atoms with Crippen LogP contribution in [0.3, 0.4) is 0 Å². The number of aromatic amines is 1. The molecule has 3 nitrogen and oxygen atoms in total.